The van der Waals surface area contributed by atoms with Gasteiger partial charge in [0.2, 0.25) is 5.91 Å². The molecule has 1 aliphatic rings. The normalized spacial score (nSPS) is 16.0. The van der Waals surface area contributed by atoms with E-state index in [2.05, 4.69) is 26.6 Å². The lowest BCUT2D eigenvalue weighted by molar-refractivity contribution is -0.116. The lowest BCUT2D eigenvalue weighted by Crippen LogP contribution is -2.32. The van der Waals surface area contributed by atoms with Crippen molar-refractivity contribution in [2.45, 2.75) is 12.5 Å². The van der Waals surface area contributed by atoms with Gasteiger partial charge in [-0.3, -0.25) is 4.79 Å². The molecule has 1 unspecified atom stereocenters. The highest BCUT2D eigenvalue weighted by Gasteiger charge is 2.26. The van der Waals surface area contributed by atoms with Crippen molar-refractivity contribution in [3.8, 4) is 5.75 Å². The van der Waals surface area contributed by atoms with Crippen LogP contribution in [0, 0.1) is 0 Å². The Balaban J connectivity index is 1.72. The third-order valence-electron chi connectivity index (χ3n) is 3.46. The van der Waals surface area contributed by atoms with Crippen LogP contribution >= 0.6 is 15.9 Å². The summed E-state index contributed by atoms with van der Waals surface area (Å²) in [5.74, 6) is 0.647. The first-order valence-electron chi connectivity index (χ1n) is 6.65. The zero-order valence-corrected chi connectivity index (χ0v) is 13.1. The van der Waals surface area contributed by atoms with Crippen molar-refractivity contribution in [2.24, 2.45) is 0 Å². The fraction of sp³-hybridized carbons (Fsp3) is 0.188. The molecule has 0 saturated heterocycles. The van der Waals surface area contributed by atoms with Crippen molar-refractivity contribution in [3.05, 3.63) is 52.5 Å². The SMILES string of the molecule is COc1cc(Br)cc(NC(=O)C2Cc3ccccc3N2)c1. The van der Waals surface area contributed by atoms with Gasteiger partial charge in [0.25, 0.3) is 0 Å². The van der Waals surface area contributed by atoms with Crippen LogP contribution in [0.3, 0.4) is 0 Å². The lowest BCUT2D eigenvalue weighted by Gasteiger charge is -2.13. The first kappa shape index (κ1) is 13.9. The summed E-state index contributed by atoms with van der Waals surface area (Å²) < 4.78 is 6.06. The highest BCUT2D eigenvalue weighted by molar-refractivity contribution is 9.10. The summed E-state index contributed by atoms with van der Waals surface area (Å²) in [6.45, 7) is 0. The minimum Gasteiger partial charge on any atom is -0.497 e. The van der Waals surface area contributed by atoms with Crippen molar-refractivity contribution in [3.63, 3.8) is 0 Å². The number of hydrogen-bond donors (Lipinski definition) is 2. The summed E-state index contributed by atoms with van der Waals surface area (Å²) in [4.78, 5) is 12.4. The standard InChI is InChI=1S/C16H15BrN2O2/c1-21-13-8-11(17)7-12(9-13)18-16(20)15-6-10-4-2-3-5-14(10)19-15/h2-5,7-9,15,19H,6H2,1H3,(H,18,20). The molecule has 108 valence electrons. The van der Waals surface area contributed by atoms with Gasteiger partial charge in [0.05, 0.1) is 7.11 Å². The van der Waals surface area contributed by atoms with Crippen molar-refractivity contribution in [1.82, 2.24) is 0 Å². The number of fused-ring (bicyclic) bond motifs is 1. The van der Waals surface area contributed by atoms with Crippen LogP contribution in [-0.2, 0) is 11.2 Å². The number of methoxy groups -OCH3 is 1. The molecule has 1 aliphatic heterocycles. The Labute approximate surface area is 131 Å². The topological polar surface area (TPSA) is 50.4 Å². The molecule has 2 aromatic rings. The number of para-hydroxylation sites is 1. The molecule has 2 N–H and O–H groups in total. The maximum absolute atomic E-state index is 12.4. The van der Waals surface area contributed by atoms with E-state index in [0.717, 1.165) is 10.2 Å². The van der Waals surface area contributed by atoms with Gasteiger partial charge in [0.1, 0.15) is 11.8 Å². The predicted molar refractivity (Wildman–Crippen MR) is 86.9 cm³/mol. The predicted octanol–water partition coefficient (Wildman–Crippen LogP) is 3.43. The van der Waals surface area contributed by atoms with Gasteiger partial charge in [0.15, 0.2) is 0 Å². The van der Waals surface area contributed by atoms with Gasteiger partial charge < -0.3 is 15.4 Å². The number of carbonyl (C=O) groups excluding carboxylic acids is 1. The minimum atomic E-state index is -0.243. The van der Waals surface area contributed by atoms with Gasteiger partial charge in [-0.05, 0) is 23.8 Å². The second kappa shape index (κ2) is 5.77. The molecular weight excluding hydrogens is 332 g/mol. The Morgan fingerprint density at radius 3 is 2.90 bits per heavy atom. The minimum absolute atomic E-state index is 0.0497. The van der Waals surface area contributed by atoms with E-state index < -0.39 is 0 Å². The molecule has 2 aromatic carbocycles. The molecule has 21 heavy (non-hydrogen) atoms. The smallest absolute Gasteiger partial charge is 0.247 e. The largest absolute Gasteiger partial charge is 0.497 e. The number of amides is 1. The molecule has 3 rings (SSSR count). The van der Waals surface area contributed by atoms with E-state index in [0.29, 0.717) is 17.9 Å². The molecule has 0 aromatic heterocycles. The first-order valence-corrected chi connectivity index (χ1v) is 7.45. The van der Waals surface area contributed by atoms with E-state index >= 15 is 0 Å². The first-order chi connectivity index (χ1) is 10.2. The summed E-state index contributed by atoms with van der Waals surface area (Å²) in [6, 6.07) is 13.2. The molecule has 0 fully saturated rings. The second-order valence-electron chi connectivity index (χ2n) is 4.93. The number of carbonyl (C=O) groups is 1. The quantitative estimate of drug-likeness (QED) is 0.894. The number of halogens is 1. The average Bonchev–Trinajstić information content (AvgIpc) is 2.90. The van der Waals surface area contributed by atoms with E-state index in [1.54, 1.807) is 13.2 Å². The van der Waals surface area contributed by atoms with Crippen LogP contribution in [0.25, 0.3) is 0 Å². The van der Waals surface area contributed by atoms with Crippen LogP contribution in [0.1, 0.15) is 5.56 Å². The monoisotopic (exact) mass is 346 g/mol. The van der Waals surface area contributed by atoms with Crippen LogP contribution in [0.2, 0.25) is 0 Å². The van der Waals surface area contributed by atoms with Crippen molar-refractivity contribution in [2.75, 3.05) is 17.7 Å². The molecule has 0 radical (unpaired) electrons. The Hall–Kier alpha value is -2.01. The van der Waals surface area contributed by atoms with Crippen molar-refractivity contribution in [1.29, 1.82) is 0 Å². The Morgan fingerprint density at radius 2 is 2.14 bits per heavy atom. The average molecular weight is 347 g/mol. The van der Waals surface area contributed by atoms with Crippen LogP contribution in [0.15, 0.2) is 46.9 Å². The maximum atomic E-state index is 12.4. The lowest BCUT2D eigenvalue weighted by atomic mass is 10.1. The number of nitrogens with one attached hydrogen (secondary N) is 2. The number of hydrogen-bond acceptors (Lipinski definition) is 3. The van der Waals surface area contributed by atoms with Crippen LogP contribution in [0.5, 0.6) is 5.75 Å². The zero-order chi connectivity index (χ0) is 14.8. The molecule has 0 spiro atoms. The number of rotatable bonds is 3. The van der Waals surface area contributed by atoms with Crippen LogP contribution in [0.4, 0.5) is 11.4 Å². The molecule has 0 bridgehead atoms. The van der Waals surface area contributed by atoms with E-state index in [1.165, 1.54) is 5.56 Å². The fourth-order valence-corrected chi connectivity index (χ4v) is 2.91. The molecule has 5 heteroatoms. The molecule has 0 saturated carbocycles. The number of ether oxygens (including phenoxy) is 1. The molecular formula is C16H15BrN2O2. The van der Waals surface area contributed by atoms with Gasteiger partial charge in [-0.2, -0.15) is 0 Å². The van der Waals surface area contributed by atoms with Gasteiger partial charge in [-0.15, -0.1) is 0 Å². The number of anilines is 2. The summed E-state index contributed by atoms with van der Waals surface area (Å²) in [6.07, 6.45) is 0.702. The summed E-state index contributed by atoms with van der Waals surface area (Å²) >= 11 is 3.40. The molecule has 0 aliphatic carbocycles. The highest BCUT2D eigenvalue weighted by atomic mass is 79.9. The Morgan fingerprint density at radius 1 is 1.33 bits per heavy atom. The highest BCUT2D eigenvalue weighted by Crippen LogP contribution is 2.27. The molecule has 4 nitrogen and oxygen atoms in total. The van der Waals surface area contributed by atoms with Gasteiger partial charge in [-0.25, -0.2) is 0 Å². The van der Waals surface area contributed by atoms with Gasteiger partial charge in [0, 0.05) is 28.3 Å². The second-order valence-corrected chi connectivity index (χ2v) is 5.84. The fourth-order valence-electron chi connectivity index (χ4n) is 2.44. The zero-order valence-electron chi connectivity index (χ0n) is 11.5. The van der Waals surface area contributed by atoms with E-state index in [1.807, 2.05) is 36.4 Å². The Kier molecular flexibility index (Phi) is 3.84. The third kappa shape index (κ3) is 3.03. The van der Waals surface area contributed by atoms with Crippen LogP contribution < -0.4 is 15.4 Å². The van der Waals surface area contributed by atoms with E-state index in [9.17, 15) is 4.79 Å². The van der Waals surface area contributed by atoms with Crippen molar-refractivity contribution >= 4 is 33.2 Å². The molecule has 1 heterocycles. The van der Waals surface area contributed by atoms with Crippen LogP contribution in [-0.4, -0.2) is 19.1 Å². The van der Waals surface area contributed by atoms with Gasteiger partial charge >= 0.3 is 0 Å². The summed E-state index contributed by atoms with van der Waals surface area (Å²) in [7, 11) is 1.60. The van der Waals surface area contributed by atoms with Crippen molar-refractivity contribution < 1.29 is 9.53 Å². The molecule has 1 amide bonds. The number of benzene rings is 2. The Bertz CT molecular complexity index is 663. The van der Waals surface area contributed by atoms with E-state index in [-0.39, 0.29) is 11.9 Å². The third-order valence-corrected chi connectivity index (χ3v) is 3.92. The summed E-state index contributed by atoms with van der Waals surface area (Å²) in [5.41, 5.74) is 2.91. The van der Waals surface area contributed by atoms with E-state index in [4.69, 9.17) is 4.74 Å². The molecule has 1 atom stereocenters. The van der Waals surface area contributed by atoms with Gasteiger partial charge in [-0.1, -0.05) is 34.1 Å². The maximum Gasteiger partial charge on any atom is 0.247 e. The summed E-state index contributed by atoms with van der Waals surface area (Å²) in [5, 5.41) is 6.17.